The number of carbonyl (C=O) groups is 1. The summed E-state index contributed by atoms with van der Waals surface area (Å²) in [5.41, 5.74) is 0. The van der Waals surface area contributed by atoms with Crippen LogP contribution in [0.4, 0.5) is 0 Å². The molecule has 0 aliphatic carbocycles. The molecule has 3 unspecified atom stereocenters. The van der Waals surface area contributed by atoms with E-state index in [4.69, 9.17) is 32.7 Å². The Kier molecular flexibility index (Phi) is 21.5. The molecule has 1 amide bonds. The number of methoxy groups -OCH3 is 1. The van der Waals surface area contributed by atoms with Crippen molar-refractivity contribution in [2.24, 2.45) is 0 Å². The van der Waals surface area contributed by atoms with Gasteiger partial charge in [-0.1, -0.05) is 0 Å². The molecule has 2 heterocycles. The van der Waals surface area contributed by atoms with Gasteiger partial charge in [0, 0.05) is 14.0 Å². The molecule has 0 aromatic heterocycles. The molecule has 0 radical (unpaired) electrons. The molecule has 16 nitrogen and oxygen atoms in total. The normalized spacial score (nSPS) is 34.9. The van der Waals surface area contributed by atoms with E-state index in [2.05, 4.69) is 14.7 Å². The van der Waals surface area contributed by atoms with Gasteiger partial charge in [-0.25, -0.2) is 0 Å². The zero-order valence-electron chi connectivity index (χ0n) is 18.7. The number of hydrogen-bond acceptors (Lipinski definition) is 16. The van der Waals surface area contributed by atoms with Gasteiger partial charge in [0.05, 0.1) is 12.7 Å². The predicted octanol–water partition coefficient (Wildman–Crippen LogP) is -10.6. The zero-order chi connectivity index (χ0) is 24.3. The van der Waals surface area contributed by atoms with Crippen LogP contribution in [0.15, 0.2) is 0 Å². The van der Waals surface area contributed by atoms with Crippen LogP contribution >= 0.6 is 12.3 Å². The Bertz CT molecular complexity index is 604. The molecular formula is C15H23NNa2O15S. The van der Waals surface area contributed by atoms with Gasteiger partial charge < -0.3 is 49.9 Å². The van der Waals surface area contributed by atoms with Gasteiger partial charge in [0.15, 0.2) is 24.9 Å². The van der Waals surface area contributed by atoms with Crippen molar-refractivity contribution in [3.05, 3.63) is 6.61 Å². The summed E-state index contributed by atoms with van der Waals surface area (Å²) in [7, 11) is 1.29. The van der Waals surface area contributed by atoms with E-state index in [1.807, 2.05) is 0 Å². The van der Waals surface area contributed by atoms with Gasteiger partial charge in [0.2, 0.25) is 5.91 Å². The predicted molar refractivity (Wildman–Crippen MR) is 92.1 cm³/mol. The Balaban J connectivity index is 0. The fraction of sp³-hybridized carbons (Fsp3) is 0.800. The summed E-state index contributed by atoms with van der Waals surface area (Å²) in [5.74, 6) is -0.491. The van der Waals surface area contributed by atoms with Crippen molar-refractivity contribution >= 4 is 24.4 Å². The fourth-order valence-electron chi connectivity index (χ4n) is 2.94. The molecule has 2 saturated heterocycles. The van der Waals surface area contributed by atoms with E-state index in [0.717, 1.165) is 6.61 Å². The molecule has 0 aromatic carbocycles. The van der Waals surface area contributed by atoms with E-state index in [9.17, 15) is 30.5 Å². The third-order valence-corrected chi connectivity index (χ3v) is 4.67. The van der Waals surface area contributed by atoms with E-state index >= 15 is 0 Å². The molecule has 2 aliphatic heterocycles. The second-order valence-corrected chi connectivity index (χ2v) is 6.71. The van der Waals surface area contributed by atoms with E-state index in [1.165, 1.54) is 14.0 Å². The topological polar surface area (TPSA) is 232 Å². The summed E-state index contributed by atoms with van der Waals surface area (Å²) in [6.45, 7) is 1.50. The maximum Gasteiger partial charge on any atom is 1.00 e. The van der Waals surface area contributed by atoms with Gasteiger partial charge in [-0.3, -0.25) is 14.0 Å². The Morgan fingerprint density at radius 1 is 1.18 bits per heavy atom. The summed E-state index contributed by atoms with van der Waals surface area (Å²) < 4.78 is 30.9. The molecule has 34 heavy (non-hydrogen) atoms. The molecule has 2 fully saturated rings. The number of aliphatic hydroxyl groups is 4. The third-order valence-electron chi connectivity index (χ3n) is 4.26. The van der Waals surface area contributed by atoms with Crippen LogP contribution in [0.2, 0.25) is 0 Å². The van der Waals surface area contributed by atoms with Gasteiger partial charge in [-0.2, -0.15) is 16.2 Å². The molecule has 0 saturated carbocycles. The minimum absolute atomic E-state index is 0. The zero-order valence-corrected chi connectivity index (χ0v) is 23.5. The van der Waals surface area contributed by atoms with Crippen molar-refractivity contribution < 1.29 is 132 Å². The molecule has 2 aliphatic rings. The molecule has 0 aromatic rings. The molecule has 5 N–H and O–H groups in total. The maximum atomic E-state index is 11.7. The van der Waals surface area contributed by atoms with Crippen molar-refractivity contribution in [2.75, 3.05) is 13.7 Å². The summed E-state index contributed by atoms with van der Waals surface area (Å²) >= 11 is 0.116. The molecule has 2 rings (SSSR count). The summed E-state index contributed by atoms with van der Waals surface area (Å²) in [5, 5.41) is 54.9. The Morgan fingerprint density at radius 2 is 1.79 bits per heavy atom. The van der Waals surface area contributed by atoms with Crippen molar-refractivity contribution in [2.45, 2.75) is 62.2 Å². The van der Waals surface area contributed by atoms with Gasteiger partial charge >= 0.3 is 65.3 Å². The fourth-order valence-corrected chi connectivity index (χ4v) is 3.32. The van der Waals surface area contributed by atoms with Gasteiger partial charge in [0.25, 0.3) is 0 Å². The Hall–Kier alpha value is 0.720. The number of amides is 1. The van der Waals surface area contributed by atoms with Crippen molar-refractivity contribution in [3.8, 4) is 0 Å². The van der Waals surface area contributed by atoms with E-state index in [0.29, 0.717) is 0 Å². The standard InChI is InChI=1S/C14H24NO13S.CO2.2Na/c1-5(17)15-8-12(25-14-10(20)9(19)6(18)4-23-14)11(26-29-28-27-21)7(3-16)24-13(8)22-2;2-1-3;;/h4,6-14,16,18-21H,3H2,1-2H3,(H,15,17);;;/q-1;;2*+1/p-1/t6-,7?,8?,9+,10?,11+,12-,13+,14+;;;/m1.../s1. The van der Waals surface area contributed by atoms with Crippen LogP contribution in [0.25, 0.3) is 0 Å². The first-order chi connectivity index (χ1) is 15.2. The molecular weight excluding hydrogens is 512 g/mol. The first-order valence-electron chi connectivity index (χ1n) is 8.78. The van der Waals surface area contributed by atoms with Gasteiger partial charge in [0.1, 0.15) is 30.5 Å². The second-order valence-electron chi connectivity index (χ2n) is 6.25. The largest absolute Gasteiger partial charge is 1.00 e. The number of aliphatic hydroxyl groups excluding tert-OH is 4. The number of carbonyl (C=O) groups excluding carboxylic acids is 3. The number of ether oxygens (including phenoxy) is 4. The van der Waals surface area contributed by atoms with Crippen LogP contribution in [0.5, 0.6) is 0 Å². The minimum atomic E-state index is -1.67. The van der Waals surface area contributed by atoms with Gasteiger partial charge in [-0.05, 0) is 6.10 Å². The van der Waals surface area contributed by atoms with Crippen molar-refractivity contribution in [1.29, 1.82) is 0 Å². The molecule has 19 heteroatoms. The molecule has 9 atom stereocenters. The average Bonchev–Trinajstić information content (AvgIpc) is 2.76. The SMILES string of the molecule is CO[C@H]1OC(CO)[C@H](OSOO[O-])[C@H](O[C@@H]2O[CH-][C@@H](O)[C@H](O)C2O)C1NC(C)=O.O=C=O.[Na+].[Na+]. The van der Waals surface area contributed by atoms with E-state index in [1.54, 1.807) is 0 Å². The van der Waals surface area contributed by atoms with Crippen LogP contribution in [0, 0.1) is 6.61 Å². The number of rotatable bonds is 9. The first kappa shape index (κ1) is 36.9. The minimum Gasteiger partial charge on any atom is -0.691 e. The molecule has 186 valence electrons. The van der Waals surface area contributed by atoms with Gasteiger partial charge in [-0.15, -0.1) is 4.33 Å². The third kappa shape index (κ3) is 11.0. The maximum absolute atomic E-state index is 11.7. The van der Waals surface area contributed by atoms with Crippen LogP contribution in [-0.2, 0) is 46.9 Å². The summed E-state index contributed by atoms with van der Waals surface area (Å²) in [4.78, 5) is 27.9. The first-order valence-corrected chi connectivity index (χ1v) is 9.44. The monoisotopic (exact) mass is 535 g/mol. The smallest absolute Gasteiger partial charge is 0.691 e. The quantitative estimate of drug-likeness (QED) is 0.0460. The van der Waals surface area contributed by atoms with E-state index < -0.39 is 67.8 Å². The molecule has 0 bridgehead atoms. The number of nitrogens with one attached hydrogen (secondary N) is 1. The molecule has 0 spiro atoms. The van der Waals surface area contributed by atoms with Crippen LogP contribution in [-0.4, -0.2) is 101 Å². The van der Waals surface area contributed by atoms with Crippen LogP contribution < -0.4 is 69.7 Å². The van der Waals surface area contributed by atoms with Crippen molar-refractivity contribution in [3.63, 3.8) is 0 Å². The Labute approximate surface area is 242 Å². The number of hydrogen-bond donors (Lipinski definition) is 5. The summed E-state index contributed by atoms with van der Waals surface area (Å²) in [6, 6.07) is -1.04. The van der Waals surface area contributed by atoms with E-state index in [-0.39, 0.29) is 77.6 Å². The second kappa shape index (κ2) is 19.8. The van der Waals surface area contributed by atoms with Crippen LogP contribution in [0.1, 0.15) is 6.92 Å². The average molecular weight is 535 g/mol. The van der Waals surface area contributed by atoms with Crippen LogP contribution in [0.3, 0.4) is 0 Å². The van der Waals surface area contributed by atoms with Crippen molar-refractivity contribution in [1.82, 2.24) is 5.32 Å². The Morgan fingerprint density at radius 3 is 2.29 bits per heavy atom. The summed E-state index contributed by atoms with van der Waals surface area (Å²) in [6.07, 6.45) is -10.6.